The maximum absolute atomic E-state index is 13.7. The molecule has 1 N–H and O–H groups in total. The van der Waals surface area contributed by atoms with Crippen molar-refractivity contribution in [2.45, 2.75) is 0 Å². The molecule has 2 aromatic heterocycles. The highest BCUT2D eigenvalue weighted by atomic mass is 79.9. The van der Waals surface area contributed by atoms with Gasteiger partial charge in [-0.05, 0) is 28.1 Å². The summed E-state index contributed by atoms with van der Waals surface area (Å²) in [6.45, 7) is 0. The number of aromatic amines is 1. The van der Waals surface area contributed by atoms with Gasteiger partial charge in [-0.25, -0.2) is 13.8 Å². The number of hydrogen-bond acceptors (Lipinski definition) is 3. The molecule has 0 radical (unpaired) electrons. The van der Waals surface area contributed by atoms with Gasteiger partial charge < -0.3 is 4.98 Å². The van der Waals surface area contributed by atoms with E-state index in [-0.39, 0.29) is 15.4 Å². The zero-order chi connectivity index (χ0) is 16.8. The fourth-order valence-corrected chi connectivity index (χ4v) is 3.05. The largest absolute Gasteiger partial charge is 0.333 e. The maximum atomic E-state index is 13.7. The van der Waals surface area contributed by atoms with E-state index in [0.717, 1.165) is 21.4 Å². The van der Waals surface area contributed by atoms with Crippen molar-refractivity contribution in [3.8, 4) is 5.69 Å². The van der Waals surface area contributed by atoms with Gasteiger partial charge in [0.1, 0.15) is 5.82 Å². The van der Waals surface area contributed by atoms with Crippen molar-refractivity contribution in [3.05, 3.63) is 79.9 Å². The van der Waals surface area contributed by atoms with Gasteiger partial charge in [-0.2, -0.15) is 0 Å². The Morgan fingerprint density at radius 3 is 2.71 bits per heavy atom. The monoisotopic (exact) mass is 385 g/mol. The summed E-state index contributed by atoms with van der Waals surface area (Å²) in [5, 5.41) is 1.73. The highest BCUT2D eigenvalue weighted by Gasteiger charge is 2.14. The number of hydrogen-bond donors (Lipinski definition) is 1. The summed E-state index contributed by atoms with van der Waals surface area (Å²) in [4.78, 5) is 31.9. The first-order valence-corrected chi connectivity index (χ1v) is 7.83. The average Bonchev–Trinajstić information content (AvgIpc) is 2.57. The summed E-state index contributed by atoms with van der Waals surface area (Å²) >= 11 is 3.06. The van der Waals surface area contributed by atoms with Gasteiger partial charge in [0.05, 0.1) is 27.3 Å². The third-order valence-corrected chi connectivity index (χ3v) is 4.43. The molecule has 0 atom stereocenters. The second kappa shape index (κ2) is 5.38. The second-order valence-electron chi connectivity index (χ2n) is 5.26. The Labute approximate surface area is 142 Å². The van der Waals surface area contributed by atoms with E-state index >= 15 is 0 Å². The predicted octanol–water partition coefficient (Wildman–Crippen LogP) is 3.13. The van der Waals surface area contributed by atoms with Crippen LogP contribution in [0.2, 0.25) is 0 Å². The summed E-state index contributed by atoms with van der Waals surface area (Å²) in [5.74, 6) is -0.554. The number of rotatable bonds is 1. The fourth-order valence-electron chi connectivity index (χ4n) is 2.71. The molecular formula is C17H9BrFN3O2. The molecule has 0 fully saturated rings. The van der Waals surface area contributed by atoms with E-state index in [1.54, 1.807) is 6.20 Å². The number of pyridine rings is 1. The van der Waals surface area contributed by atoms with Crippen LogP contribution in [0, 0.1) is 5.82 Å². The number of halogens is 2. The van der Waals surface area contributed by atoms with Crippen LogP contribution >= 0.6 is 15.9 Å². The van der Waals surface area contributed by atoms with Crippen LogP contribution in [-0.4, -0.2) is 14.5 Å². The van der Waals surface area contributed by atoms with E-state index in [1.807, 2.05) is 24.3 Å². The van der Waals surface area contributed by atoms with Gasteiger partial charge >= 0.3 is 5.69 Å². The molecule has 0 bridgehead atoms. The third kappa shape index (κ3) is 2.16. The van der Waals surface area contributed by atoms with E-state index in [0.29, 0.717) is 5.69 Å². The van der Waals surface area contributed by atoms with E-state index in [2.05, 4.69) is 25.9 Å². The zero-order valence-electron chi connectivity index (χ0n) is 12.1. The molecule has 7 heteroatoms. The van der Waals surface area contributed by atoms with Crippen LogP contribution in [0.15, 0.2) is 62.9 Å². The van der Waals surface area contributed by atoms with Gasteiger partial charge in [0.15, 0.2) is 0 Å². The molecule has 0 aliphatic rings. The van der Waals surface area contributed by atoms with Crippen LogP contribution in [0.25, 0.3) is 27.4 Å². The zero-order valence-corrected chi connectivity index (χ0v) is 13.7. The summed E-state index contributed by atoms with van der Waals surface area (Å²) < 4.78 is 14.8. The van der Waals surface area contributed by atoms with Gasteiger partial charge in [0.2, 0.25) is 0 Å². The lowest BCUT2D eigenvalue weighted by Crippen LogP contribution is -2.33. The number of benzene rings is 2. The standard InChI is InChI=1S/C17H9BrFN3O2/c18-12-5-11-14(6-13(12)19)21-17(24)22(16(11)23)15-8-20-7-9-3-1-2-4-10(9)15/h1-8H,(H,21,24). The maximum Gasteiger partial charge on any atom is 0.333 e. The number of aromatic nitrogens is 3. The predicted molar refractivity (Wildman–Crippen MR) is 93.1 cm³/mol. The smallest absolute Gasteiger partial charge is 0.306 e. The fraction of sp³-hybridized carbons (Fsp3) is 0. The first-order chi connectivity index (χ1) is 11.6. The molecule has 4 rings (SSSR count). The Morgan fingerprint density at radius 2 is 1.88 bits per heavy atom. The quantitative estimate of drug-likeness (QED) is 0.547. The topological polar surface area (TPSA) is 67.8 Å². The van der Waals surface area contributed by atoms with Crippen molar-refractivity contribution >= 4 is 37.6 Å². The highest BCUT2D eigenvalue weighted by Crippen LogP contribution is 2.21. The molecule has 0 aliphatic heterocycles. The highest BCUT2D eigenvalue weighted by molar-refractivity contribution is 9.10. The van der Waals surface area contributed by atoms with Crippen LogP contribution in [0.4, 0.5) is 4.39 Å². The molecule has 0 aliphatic carbocycles. The molecule has 5 nitrogen and oxygen atoms in total. The first kappa shape index (κ1) is 14.8. The third-order valence-electron chi connectivity index (χ3n) is 3.83. The number of nitrogens with one attached hydrogen (secondary N) is 1. The van der Waals surface area contributed by atoms with Crippen LogP contribution in [0.1, 0.15) is 0 Å². The van der Waals surface area contributed by atoms with Crippen molar-refractivity contribution < 1.29 is 4.39 Å². The molecule has 2 aromatic carbocycles. The van der Waals surface area contributed by atoms with E-state index in [4.69, 9.17) is 0 Å². The van der Waals surface area contributed by atoms with Crippen molar-refractivity contribution in [1.82, 2.24) is 14.5 Å². The minimum absolute atomic E-state index is 0.148. The number of nitrogens with zero attached hydrogens (tertiary/aromatic N) is 2. The molecule has 0 amide bonds. The molecule has 0 saturated heterocycles. The van der Waals surface area contributed by atoms with Crippen LogP contribution < -0.4 is 11.2 Å². The Hall–Kier alpha value is -2.80. The summed E-state index contributed by atoms with van der Waals surface area (Å²) in [6.07, 6.45) is 3.12. The molecule has 0 unspecified atom stereocenters. The average molecular weight is 386 g/mol. The van der Waals surface area contributed by atoms with E-state index in [9.17, 15) is 14.0 Å². The normalized spacial score (nSPS) is 11.2. The summed E-state index contributed by atoms with van der Waals surface area (Å²) in [6, 6.07) is 9.80. The van der Waals surface area contributed by atoms with Gasteiger partial charge in [-0.3, -0.25) is 9.78 Å². The second-order valence-corrected chi connectivity index (χ2v) is 6.12. The summed E-state index contributed by atoms with van der Waals surface area (Å²) in [5.41, 5.74) is -0.656. The minimum Gasteiger partial charge on any atom is -0.306 e. The van der Waals surface area contributed by atoms with Crippen molar-refractivity contribution in [2.24, 2.45) is 0 Å². The van der Waals surface area contributed by atoms with Crippen LogP contribution in [0.5, 0.6) is 0 Å². The Bertz CT molecular complexity index is 1220. The number of fused-ring (bicyclic) bond motifs is 2. The lowest BCUT2D eigenvalue weighted by molar-refractivity contribution is 0.622. The van der Waals surface area contributed by atoms with Crippen molar-refractivity contribution in [2.75, 3.05) is 0 Å². The molecule has 24 heavy (non-hydrogen) atoms. The molecule has 0 spiro atoms. The van der Waals surface area contributed by atoms with E-state index in [1.165, 1.54) is 12.3 Å². The lowest BCUT2D eigenvalue weighted by Gasteiger charge is -2.09. The molecule has 4 aromatic rings. The minimum atomic E-state index is -0.646. The lowest BCUT2D eigenvalue weighted by atomic mass is 10.1. The Kier molecular flexibility index (Phi) is 3.31. The Balaban J connectivity index is 2.16. The molecular weight excluding hydrogens is 377 g/mol. The Morgan fingerprint density at radius 1 is 1.08 bits per heavy atom. The van der Waals surface area contributed by atoms with Gasteiger partial charge in [0, 0.05) is 17.0 Å². The molecule has 118 valence electrons. The summed E-state index contributed by atoms with van der Waals surface area (Å²) in [7, 11) is 0. The SMILES string of the molecule is O=c1[nH]c2cc(F)c(Br)cc2c(=O)n1-c1cncc2ccccc12. The van der Waals surface area contributed by atoms with Gasteiger partial charge in [-0.1, -0.05) is 24.3 Å². The van der Waals surface area contributed by atoms with Crippen LogP contribution in [-0.2, 0) is 0 Å². The first-order valence-electron chi connectivity index (χ1n) is 7.03. The molecule has 0 saturated carbocycles. The van der Waals surface area contributed by atoms with E-state index < -0.39 is 17.1 Å². The van der Waals surface area contributed by atoms with Crippen LogP contribution in [0.3, 0.4) is 0 Å². The van der Waals surface area contributed by atoms with Gasteiger partial charge in [0.25, 0.3) is 5.56 Å². The van der Waals surface area contributed by atoms with Crippen molar-refractivity contribution in [3.63, 3.8) is 0 Å². The molecule has 2 heterocycles. The van der Waals surface area contributed by atoms with Crippen molar-refractivity contribution in [1.29, 1.82) is 0 Å². The number of H-pyrrole nitrogens is 1. The van der Waals surface area contributed by atoms with Gasteiger partial charge in [-0.15, -0.1) is 0 Å².